The van der Waals surface area contributed by atoms with E-state index in [1.54, 1.807) is 12.3 Å². The van der Waals surface area contributed by atoms with E-state index in [-0.39, 0.29) is 25.5 Å². The SMILES string of the molecule is Cc1c(COc2cc(OCc3cncc(C#N)c3)c(CN)cc2F)cccc1-c1ccc2c(c1)OCCO2. The summed E-state index contributed by atoms with van der Waals surface area (Å²) >= 11 is 0. The van der Waals surface area contributed by atoms with Crippen molar-refractivity contribution in [2.24, 2.45) is 5.73 Å². The first-order chi connectivity index (χ1) is 18.6. The Balaban J connectivity index is 1.34. The van der Waals surface area contributed by atoms with Crippen LogP contribution in [0.15, 0.2) is 67.0 Å². The van der Waals surface area contributed by atoms with Crippen LogP contribution in [0.1, 0.15) is 27.8 Å². The molecule has 7 nitrogen and oxygen atoms in total. The van der Waals surface area contributed by atoms with Crippen molar-refractivity contribution in [3.8, 4) is 40.2 Å². The third-order valence-electron chi connectivity index (χ3n) is 6.34. The minimum absolute atomic E-state index is 0.0604. The molecule has 0 amide bonds. The summed E-state index contributed by atoms with van der Waals surface area (Å²) in [6.07, 6.45) is 3.09. The number of nitrogens with zero attached hydrogens (tertiary/aromatic N) is 2. The minimum Gasteiger partial charge on any atom is -0.488 e. The highest BCUT2D eigenvalue weighted by atomic mass is 19.1. The van der Waals surface area contributed by atoms with E-state index in [2.05, 4.69) is 4.98 Å². The summed E-state index contributed by atoms with van der Waals surface area (Å²) in [4.78, 5) is 4.04. The van der Waals surface area contributed by atoms with Crippen LogP contribution in [0.5, 0.6) is 23.0 Å². The van der Waals surface area contributed by atoms with Crippen molar-refractivity contribution < 1.29 is 23.3 Å². The van der Waals surface area contributed by atoms with Crippen LogP contribution in [0, 0.1) is 24.1 Å². The highest BCUT2D eigenvalue weighted by molar-refractivity contribution is 5.71. The van der Waals surface area contributed by atoms with Gasteiger partial charge in [0, 0.05) is 36.1 Å². The van der Waals surface area contributed by atoms with Crippen LogP contribution in [-0.4, -0.2) is 18.2 Å². The molecule has 192 valence electrons. The van der Waals surface area contributed by atoms with E-state index in [1.807, 2.05) is 49.4 Å². The standard InChI is InChI=1S/C30H26FN3O4/c1-19-23(3-2-4-25(19)22-5-6-27-30(11-22)36-8-7-35-27)18-38-29-12-28(24(14-33)10-26(29)31)37-17-21-9-20(13-32)15-34-16-21/h2-6,9-12,15-16H,7-8,14,17-18,33H2,1H3. The van der Waals surface area contributed by atoms with Gasteiger partial charge in [0.1, 0.15) is 38.2 Å². The van der Waals surface area contributed by atoms with Crippen molar-refractivity contribution in [1.29, 1.82) is 5.26 Å². The van der Waals surface area contributed by atoms with Crippen LogP contribution in [0.3, 0.4) is 0 Å². The Labute approximate surface area is 220 Å². The molecule has 0 radical (unpaired) electrons. The average Bonchev–Trinajstić information content (AvgIpc) is 2.96. The molecule has 5 rings (SSSR count). The highest BCUT2D eigenvalue weighted by Gasteiger charge is 2.16. The largest absolute Gasteiger partial charge is 0.488 e. The maximum absolute atomic E-state index is 14.9. The van der Waals surface area contributed by atoms with Gasteiger partial charge in [-0.25, -0.2) is 4.39 Å². The van der Waals surface area contributed by atoms with Crippen LogP contribution >= 0.6 is 0 Å². The van der Waals surface area contributed by atoms with Gasteiger partial charge in [-0.15, -0.1) is 0 Å². The van der Waals surface area contributed by atoms with E-state index < -0.39 is 5.82 Å². The van der Waals surface area contributed by atoms with E-state index in [0.29, 0.717) is 35.7 Å². The van der Waals surface area contributed by atoms with Gasteiger partial charge in [0.25, 0.3) is 0 Å². The lowest BCUT2D eigenvalue weighted by atomic mass is 9.96. The number of hydrogen-bond acceptors (Lipinski definition) is 7. The molecule has 1 aliphatic heterocycles. The monoisotopic (exact) mass is 511 g/mol. The summed E-state index contributed by atoms with van der Waals surface area (Å²) in [6.45, 7) is 3.48. The fraction of sp³-hybridized carbons (Fsp3) is 0.200. The Bertz CT molecular complexity index is 1520. The maximum atomic E-state index is 14.9. The lowest BCUT2D eigenvalue weighted by Crippen LogP contribution is -2.15. The lowest BCUT2D eigenvalue weighted by Gasteiger charge is -2.20. The van der Waals surface area contributed by atoms with E-state index in [1.165, 1.54) is 18.3 Å². The van der Waals surface area contributed by atoms with Crippen molar-refractivity contribution in [2.75, 3.05) is 13.2 Å². The number of rotatable bonds is 8. The molecular formula is C30H26FN3O4. The van der Waals surface area contributed by atoms with Crippen molar-refractivity contribution in [3.05, 3.63) is 101 Å². The first kappa shape index (κ1) is 25.1. The fourth-order valence-electron chi connectivity index (χ4n) is 4.29. The van der Waals surface area contributed by atoms with E-state index in [9.17, 15) is 4.39 Å². The predicted molar refractivity (Wildman–Crippen MR) is 140 cm³/mol. The Kier molecular flexibility index (Phi) is 7.38. The molecule has 0 atom stereocenters. The summed E-state index contributed by atoms with van der Waals surface area (Å²) < 4.78 is 38.1. The number of pyridine rings is 1. The van der Waals surface area contributed by atoms with Crippen molar-refractivity contribution in [2.45, 2.75) is 26.7 Å². The molecule has 0 spiro atoms. The molecule has 0 saturated heterocycles. The van der Waals surface area contributed by atoms with Gasteiger partial charge in [-0.05, 0) is 53.4 Å². The number of aromatic nitrogens is 1. The topological polar surface area (TPSA) is 99.6 Å². The third kappa shape index (κ3) is 5.38. The minimum atomic E-state index is -0.522. The zero-order chi connectivity index (χ0) is 26.5. The lowest BCUT2D eigenvalue weighted by molar-refractivity contribution is 0.171. The van der Waals surface area contributed by atoms with Crippen molar-refractivity contribution in [1.82, 2.24) is 4.98 Å². The molecule has 8 heteroatoms. The van der Waals surface area contributed by atoms with Crippen molar-refractivity contribution in [3.63, 3.8) is 0 Å². The number of nitriles is 1. The highest BCUT2D eigenvalue weighted by Crippen LogP contribution is 2.36. The Morgan fingerprint density at radius 3 is 2.58 bits per heavy atom. The number of hydrogen-bond donors (Lipinski definition) is 1. The maximum Gasteiger partial charge on any atom is 0.165 e. The number of ether oxygens (including phenoxy) is 4. The molecule has 2 heterocycles. The molecule has 3 aromatic carbocycles. The fourth-order valence-corrected chi connectivity index (χ4v) is 4.29. The second-order valence-corrected chi connectivity index (χ2v) is 8.81. The van der Waals surface area contributed by atoms with E-state index in [4.69, 9.17) is 29.9 Å². The molecular weight excluding hydrogens is 485 g/mol. The number of halogens is 1. The third-order valence-corrected chi connectivity index (χ3v) is 6.34. The van der Waals surface area contributed by atoms with E-state index in [0.717, 1.165) is 33.8 Å². The van der Waals surface area contributed by atoms with Crippen LogP contribution < -0.4 is 24.7 Å². The van der Waals surface area contributed by atoms with Gasteiger partial charge in [0.2, 0.25) is 0 Å². The van der Waals surface area contributed by atoms with Gasteiger partial charge in [-0.2, -0.15) is 5.26 Å². The van der Waals surface area contributed by atoms with Gasteiger partial charge in [0.05, 0.1) is 5.56 Å². The van der Waals surface area contributed by atoms with Crippen molar-refractivity contribution >= 4 is 0 Å². The van der Waals surface area contributed by atoms with Gasteiger partial charge >= 0.3 is 0 Å². The van der Waals surface area contributed by atoms with E-state index >= 15 is 0 Å². The van der Waals surface area contributed by atoms with Crippen LogP contribution in [0.2, 0.25) is 0 Å². The van der Waals surface area contributed by atoms with Gasteiger partial charge in [-0.1, -0.05) is 24.3 Å². The molecule has 0 aliphatic carbocycles. The van der Waals surface area contributed by atoms with Gasteiger partial charge in [-0.3, -0.25) is 4.98 Å². The zero-order valence-electron chi connectivity index (χ0n) is 20.9. The molecule has 0 bridgehead atoms. The summed E-state index contributed by atoms with van der Waals surface area (Å²) in [5.41, 5.74) is 11.4. The second kappa shape index (κ2) is 11.2. The summed E-state index contributed by atoms with van der Waals surface area (Å²) in [5, 5.41) is 9.08. The Hall–Kier alpha value is -4.61. The molecule has 1 aromatic heterocycles. The molecule has 4 aromatic rings. The average molecular weight is 512 g/mol. The van der Waals surface area contributed by atoms with Crippen LogP contribution in [0.4, 0.5) is 4.39 Å². The first-order valence-corrected chi connectivity index (χ1v) is 12.2. The Morgan fingerprint density at radius 2 is 1.76 bits per heavy atom. The normalized spacial score (nSPS) is 12.1. The molecule has 38 heavy (non-hydrogen) atoms. The summed E-state index contributed by atoms with van der Waals surface area (Å²) in [6, 6.07) is 18.4. The predicted octanol–water partition coefficient (Wildman–Crippen LogP) is 5.46. The number of fused-ring (bicyclic) bond motifs is 1. The second-order valence-electron chi connectivity index (χ2n) is 8.81. The molecule has 0 fully saturated rings. The zero-order valence-corrected chi connectivity index (χ0v) is 20.9. The quantitative estimate of drug-likeness (QED) is 0.336. The molecule has 0 unspecified atom stereocenters. The molecule has 2 N–H and O–H groups in total. The van der Waals surface area contributed by atoms with Crippen LogP contribution in [0.25, 0.3) is 11.1 Å². The number of benzene rings is 3. The van der Waals surface area contributed by atoms with Gasteiger partial charge < -0.3 is 24.7 Å². The first-order valence-electron chi connectivity index (χ1n) is 12.2. The Morgan fingerprint density at radius 1 is 0.947 bits per heavy atom. The summed E-state index contributed by atoms with van der Waals surface area (Å²) in [7, 11) is 0. The van der Waals surface area contributed by atoms with Gasteiger partial charge in [0.15, 0.2) is 23.1 Å². The number of nitrogens with two attached hydrogens (primary N) is 1. The molecule has 1 aliphatic rings. The smallest absolute Gasteiger partial charge is 0.165 e. The van der Waals surface area contributed by atoms with Crippen LogP contribution in [-0.2, 0) is 19.8 Å². The molecule has 0 saturated carbocycles. The summed E-state index contributed by atoms with van der Waals surface area (Å²) in [5.74, 6) is 1.41.